The number of hydrogen-bond donors (Lipinski definition) is 10. The van der Waals surface area contributed by atoms with Crippen LogP contribution < -0.4 is 11.1 Å². The van der Waals surface area contributed by atoms with E-state index in [9.17, 15) is 45.3 Å². The zero-order valence-corrected chi connectivity index (χ0v) is 35.7. The van der Waals surface area contributed by atoms with Crippen LogP contribution in [0.15, 0.2) is 71.1 Å². The topological polar surface area (TPSA) is 241 Å². The average Bonchev–Trinajstić information content (AvgIpc) is 3.80. The molecule has 0 aromatic heterocycles. The first-order valence-corrected chi connectivity index (χ1v) is 21.6. The highest BCUT2D eigenvalue weighted by atomic mass is 16.3. The summed E-state index contributed by atoms with van der Waals surface area (Å²) in [5, 5.41) is 85.7. The maximum Gasteiger partial charge on any atom is 0.258 e. The summed E-state index contributed by atoms with van der Waals surface area (Å²) in [4.78, 5) is 26.8. The smallest absolute Gasteiger partial charge is 0.258 e. The molecular formula is C46H72N4O9. The maximum absolute atomic E-state index is 12.5. The molecule has 13 atom stereocenters. The lowest BCUT2D eigenvalue weighted by Crippen LogP contribution is -2.47. The Bertz CT molecular complexity index is 1640. The van der Waals surface area contributed by atoms with Crippen LogP contribution in [0, 0.1) is 40.4 Å². The highest BCUT2D eigenvalue weighted by Gasteiger charge is 2.52. The minimum absolute atomic E-state index is 0.0338. The standard InChI is InChI=1S/C46H72N4O9/c1-27(38(54)13-7-11-33(51)10-6-12-35(53)25-32-9-8-22-50(32)45(47)48)15-18-34(52)19-16-29(3)42(57)28(2)14-17-31-24-37-36(23-30(31)4)39(55)20-21-46(37,5)43(58)41-40(56)26-49-44(41)59/h6-7,10,13,15-16,18,23,27-28,31-39,42,51-55,57-58H,8-9,11-12,14,17,19-22,24-26H2,1-5H3,(H3,47,48)(H,49,59)/b10-6+,13-7+,18-15+,29-16+,43-41+/t27?,28?,31-,32?,33?,34?,35?,36+,37-,38?,39+,42?,46+/m0/s1. The molecule has 2 aliphatic carbocycles. The minimum atomic E-state index is -0.829. The molecule has 13 heteroatoms. The Morgan fingerprint density at radius 2 is 1.73 bits per heavy atom. The molecular weight excluding hydrogens is 753 g/mol. The van der Waals surface area contributed by atoms with E-state index in [1.54, 1.807) is 36.5 Å². The van der Waals surface area contributed by atoms with Gasteiger partial charge < -0.3 is 51.7 Å². The van der Waals surface area contributed by atoms with E-state index in [0.29, 0.717) is 44.9 Å². The molecule has 330 valence electrons. The Morgan fingerprint density at radius 3 is 2.41 bits per heavy atom. The molecule has 0 spiro atoms. The van der Waals surface area contributed by atoms with Gasteiger partial charge in [-0.1, -0.05) is 75.0 Å². The molecule has 0 radical (unpaired) electrons. The fourth-order valence-electron chi connectivity index (χ4n) is 9.53. The van der Waals surface area contributed by atoms with E-state index in [2.05, 4.69) is 18.3 Å². The number of guanidine groups is 1. The zero-order valence-electron chi connectivity index (χ0n) is 35.7. The number of hydrogen-bond acceptors (Lipinski definition) is 10. The highest BCUT2D eigenvalue weighted by molar-refractivity contribution is 6.25. The van der Waals surface area contributed by atoms with Gasteiger partial charge in [-0.15, -0.1) is 0 Å². The number of nitrogens with one attached hydrogen (secondary N) is 2. The van der Waals surface area contributed by atoms with E-state index in [-0.39, 0.29) is 59.5 Å². The number of allylic oxidation sites excluding steroid dienone is 2. The number of aliphatic hydroxyl groups is 7. The van der Waals surface area contributed by atoms with Gasteiger partial charge >= 0.3 is 0 Å². The predicted molar refractivity (Wildman–Crippen MR) is 229 cm³/mol. The SMILES string of the molecule is CC1=C[C@H]2[C@H](O)CC[C@@](C)(/C(O)=C3/C(=O)CNC3=O)[C@H]2C[C@@H]1CCC(C)C(O)/C(C)=C/CC(O)/C=C/C(C)C(O)/C=C/CC(O)/C=C/CC(O)CC1CCCN1C(=N)N. The maximum atomic E-state index is 12.5. The monoisotopic (exact) mass is 825 g/mol. The van der Waals surface area contributed by atoms with E-state index in [1.807, 2.05) is 38.7 Å². The van der Waals surface area contributed by atoms with Crippen LogP contribution >= 0.6 is 0 Å². The van der Waals surface area contributed by atoms with Gasteiger partial charge in [-0.25, -0.2) is 0 Å². The van der Waals surface area contributed by atoms with Gasteiger partial charge in [0.1, 0.15) is 11.3 Å². The van der Waals surface area contributed by atoms with E-state index in [1.165, 1.54) is 0 Å². The molecule has 59 heavy (non-hydrogen) atoms. The summed E-state index contributed by atoms with van der Waals surface area (Å²) in [6.45, 7) is 10.3. The van der Waals surface area contributed by atoms with Crippen molar-refractivity contribution < 1.29 is 45.3 Å². The van der Waals surface area contributed by atoms with Crippen molar-refractivity contribution in [2.24, 2.45) is 40.7 Å². The van der Waals surface area contributed by atoms with Crippen molar-refractivity contribution in [3.8, 4) is 0 Å². The molecule has 0 bridgehead atoms. The van der Waals surface area contributed by atoms with Crippen LogP contribution in [0.5, 0.6) is 0 Å². The Hall–Kier alpha value is -3.59. The molecule has 1 saturated carbocycles. The van der Waals surface area contributed by atoms with Crippen LogP contribution in [0.3, 0.4) is 0 Å². The molecule has 3 fully saturated rings. The second-order valence-corrected chi connectivity index (χ2v) is 18.0. The lowest BCUT2D eigenvalue weighted by atomic mass is 9.55. The summed E-state index contributed by atoms with van der Waals surface area (Å²) >= 11 is 0. The fourth-order valence-corrected chi connectivity index (χ4v) is 9.53. The number of aliphatic hydroxyl groups excluding tert-OH is 7. The molecule has 0 aromatic rings. The molecule has 8 unspecified atom stereocenters. The van der Waals surface area contributed by atoms with Gasteiger partial charge in [-0.05, 0) is 108 Å². The number of amides is 1. The lowest BCUT2D eigenvalue weighted by Gasteiger charge is -2.51. The number of rotatable bonds is 19. The van der Waals surface area contributed by atoms with Gasteiger partial charge in [-0.2, -0.15) is 0 Å². The number of carbonyl (C=O) groups excluding carboxylic acids is 2. The van der Waals surface area contributed by atoms with Crippen LogP contribution in [0.4, 0.5) is 0 Å². The second kappa shape index (κ2) is 21.8. The first kappa shape index (κ1) is 48.1. The fraction of sp³-hybridized carbons (Fsp3) is 0.674. The Balaban J connectivity index is 1.20. The van der Waals surface area contributed by atoms with Gasteiger partial charge in [0, 0.05) is 29.8 Å². The molecule has 4 aliphatic rings. The first-order chi connectivity index (χ1) is 27.8. The molecule has 0 aromatic carbocycles. The summed E-state index contributed by atoms with van der Waals surface area (Å²) in [6.07, 6.45) is 16.2. The largest absolute Gasteiger partial charge is 0.511 e. The van der Waals surface area contributed by atoms with Crippen molar-refractivity contribution in [2.45, 2.75) is 148 Å². The minimum Gasteiger partial charge on any atom is -0.511 e. The summed E-state index contributed by atoms with van der Waals surface area (Å²) in [5.41, 5.74) is 6.57. The molecule has 11 N–H and O–H groups in total. The second-order valence-electron chi connectivity index (χ2n) is 18.0. The number of nitrogens with two attached hydrogens (primary N) is 1. The Kier molecular flexibility index (Phi) is 17.8. The van der Waals surface area contributed by atoms with Crippen molar-refractivity contribution in [2.75, 3.05) is 13.1 Å². The number of carbonyl (C=O) groups is 2. The Labute approximate surface area is 350 Å². The van der Waals surface area contributed by atoms with E-state index in [0.717, 1.165) is 43.4 Å². The van der Waals surface area contributed by atoms with Crippen LogP contribution in [0.25, 0.3) is 0 Å². The number of nitrogens with zero attached hydrogens (tertiary/aromatic N) is 1. The third-order valence-electron chi connectivity index (χ3n) is 13.6. The number of Topliss-reactive ketones (excluding diaryl/α,β-unsaturated/α-hetero) is 1. The van der Waals surface area contributed by atoms with Crippen molar-refractivity contribution in [3.05, 3.63) is 71.1 Å². The van der Waals surface area contributed by atoms with Crippen molar-refractivity contribution in [1.29, 1.82) is 5.41 Å². The van der Waals surface area contributed by atoms with Gasteiger partial charge in [0.25, 0.3) is 5.91 Å². The van der Waals surface area contributed by atoms with E-state index < -0.39 is 53.7 Å². The predicted octanol–water partition coefficient (Wildman–Crippen LogP) is 4.25. The summed E-state index contributed by atoms with van der Waals surface area (Å²) in [5.74, 6) is -1.67. The highest BCUT2D eigenvalue weighted by Crippen LogP contribution is 2.55. The zero-order chi connectivity index (χ0) is 43.6. The van der Waals surface area contributed by atoms with Crippen molar-refractivity contribution >= 4 is 17.6 Å². The van der Waals surface area contributed by atoms with Crippen LogP contribution in [-0.4, -0.2) is 114 Å². The summed E-state index contributed by atoms with van der Waals surface area (Å²) in [6, 6.07) is 0.0622. The van der Waals surface area contributed by atoms with Gasteiger partial charge in [0.2, 0.25) is 0 Å². The van der Waals surface area contributed by atoms with Crippen LogP contribution in [-0.2, 0) is 9.59 Å². The van der Waals surface area contributed by atoms with Crippen molar-refractivity contribution in [3.63, 3.8) is 0 Å². The van der Waals surface area contributed by atoms with E-state index in [4.69, 9.17) is 11.1 Å². The van der Waals surface area contributed by atoms with Crippen molar-refractivity contribution in [1.82, 2.24) is 10.2 Å². The molecule has 2 aliphatic heterocycles. The first-order valence-electron chi connectivity index (χ1n) is 21.6. The molecule has 2 heterocycles. The lowest BCUT2D eigenvalue weighted by molar-refractivity contribution is -0.117. The third-order valence-corrected chi connectivity index (χ3v) is 13.6. The summed E-state index contributed by atoms with van der Waals surface area (Å²) < 4.78 is 0. The normalized spacial score (nSPS) is 31.2. The number of fused-ring (bicyclic) bond motifs is 1. The van der Waals surface area contributed by atoms with Crippen LogP contribution in [0.1, 0.15) is 105 Å². The van der Waals surface area contributed by atoms with E-state index >= 15 is 0 Å². The van der Waals surface area contributed by atoms with Gasteiger partial charge in [-0.3, -0.25) is 15.0 Å². The van der Waals surface area contributed by atoms with Gasteiger partial charge in [0.15, 0.2) is 11.7 Å². The molecule has 2 saturated heterocycles. The Morgan fingerprint density at radius 1 is 1.03 bits per heavy atom. The summed E-state index contributed by atoms with van der Waals surface area (Å²) in [7, 11) is 0. The number of likely N-dealkylation sites (tertiary alicyclic amines) is 1. The molecule has 1 amide bonds. The molecule has 4 rings (SSSR count). The average molecular weight is 825 g/mol. The third kappa shape index (κ3) is 12.7. The van der Waals surface area contributed by atoms with Crippen LogP contribution in [0.2, 0.25) is 0 Å². The quantitative estimate of drug-likeness (QED) is 0.0221. The molecule has 13 nitrogen and oxygen atoms in total. The number of ketones is 1. The van der Waals surface area contributed by atoms with Gasteiger partial charge in [0.05, 0.1) is 43.2 Å².